The lowest BCUT2D eigenvalue weighted by molar-refractivity contribution is -0.384. The summed E-state index contributed by atoms with van der Waals surface area (Å²) in [6, 6.07) is 5.77. The van der Waals surface area contributed by atoms with Gasteiger partial charge in [-0.05, 0) is 30.7 Å². The smallest absolute Gasteiger partial charge is 0.338 e. The number of pyridine rings is 1. The zero-order chi connectivity index (χ0) is 20.4. The molecule has 1 atom stereocenters. The third-order valence-electron chi connectivity index (χ3n) is 4.11. The number of hydrogen-bond acceptors (Lipinski definition) is 7. The number of nitro benzene ring substituents is 1. The Morgan fingerprint density at radius 2 is 2.14 bits per heavy atom. The van der Waals surface area contributed by atoms with E-state index in [-0.39, 0.29) is 27.8 Å². The van der Waals surface area contributed by atoms with Crippen molar-refractivity contribution in [2.45, 2.75) is 13.0 Å². The van der Waals surface area contributed by atoms with Crippen LogP contribution in [0.5, 0.6) is 0 Å². The van der Waals surface area contributed by atoms with Gasteiger partial charge >= 0.3 is 5.97 Å². The van der Waals surface area contributed by atoms with Gasteiger partial charge < -0.3 is 10.1 Å². The molecule has 1 aliphatic heterocycles. The number of hydrogen-bond donors (Lipinski definition) is 1. The number of nitrogens with one attached hydrogen (secondary N) is 1. The van der Waals surface area contributed by atoms with Crippen molar-refractivity contribution < 1.29 is 18.8 Å². The summed E-state index contributed by atoms with van der Waals surface area (Å²) in [5.74, 6) is -1.19. The van der Waals surface area contributed by atoms with Gasteiger partial charge in [-0.1, -0.05) is 17.7 Å². The van der Waals surface area contributed by atoms with E-state index in [4.69, 9.17) is 16.3 Å². The van der Waals surface area contributed by atoms with Gasteiger partial charge in [0.15, 0.2) is 11.7 Å². The number of rotatable bonds is 4. The van der Waals surface area contributed by atoms with Gasteiger partial charge in [0.25, 0.3) is 5.69 Å². The number of carbonyl (C=O) groups is 1. The first-order chi connectivity index (χ1) is 13.3. The minimum absolute atomic E-state index is 0.0424. The van der Waals surface area contributed by atoms with Gasteiger partial charge in [0.2, 0.25) is 0 Å². The highest BCUT2D eigenvalue weighted by Gasteiger charge is 2.32. The molecule has 1 aromatic heterocycles. The summed E-state index contributed by atoms with van der Waals surface area (Å²) >= 11 is 5.88. The lowest BCUT2D eigenvalue weighted by atomic mass is 9.95. The van der Waals surface area contributed by atoms with E-state index >= 15 is 0 Å². The molecular weight excluding hydrogens is 391 g/mol. The van der Waals surface area contributed by atoms with Crippen molar-refractivity contribution in [2.75, 3.05) is 7.11 Å². The maximum atomic E-state index is 14.2. The normalized spacial score (nSPS) is 16.3. The average Bonchev–Trinajstić information content (AvgIpc) is 2.67. The Hall–Kier alpha value is -3.33. The van der Waals surface area contributed by atoms with E-state index in [1.165, 1.54) is 43.6 Å². The molecule has 0 spiro atoms. The Balaban J connectivity index is 2.18. The van der Waals surface area contributed by atoms with Gasteiger partial charge in [-0.25, -0.2) is 14.2 Å². The number of aromatic nitrogens is 1. The molecular formula is C18H14ClFN4O4. The van der Waals surface area contributed by atoms with Crippen LogP contribution in [0.15, 0.2) is 52.8 Å². The highest BCUT2D eigenvalue weighted by atomic mass is 35.5. The SMILES string of the molecule is COC(=O)C1=C(C)NC(c2ncccc2F)=NC1c1ccc(Cl)c([N+](=O)[O-])c1. The van der Waals surface area contributed by atoms with Crippen molar-refractivity contribution >= 4 is 29.1 Å². The Morgan fingerprint density at radius 3 is 2.79 bits per heavy atom. The molecule has 144 valence electrons. The minimum Gasteiger partial charge on any atom is -0.466 e. The topological polar surface area (TPSA) is 107 Å². The first kappa shape index (κ1) is 19.4. The molecule has 0 radical (unpaired) electrons. The Bertz CT molecular complexity index is 1040. The third kappa shape index (κ3) is 3.56. The number of amidine groups is 1. The van der Waals surface area contributed by atoms with Crippen LogP contribution in [-0.4, -0.2) is 28.8 Å². The summed E-state index contributed by atoms with van der Waals surface area (Å²) in [6.07, 6.45) is 1.40. The summed E-state index contributed by atoms with van der Waals surface area (Å²) < 4.78 is 19.0. The van der Waals surface area contributed by atoms with E-state index in [0.29, 0.717) is 11.3 Å². The fourth-order valence-electron chi connectivity index (χ4n) is 2.81. The first-order valence-corrected chi connectivity index (χ1v) is 8.40. The zero-order valence-electron chi connectivity index (χ0n) is 14.8. The molecule has 0 fully saturated rings. The molecule has 2 aromatic rings. The van der Waals surface area contributed by atoms with E-state index in [1.54, 1.807) is 6.92 Å². The molecule has 0 saturated heterocycles. The molecule has 0 amide bonds. The van der Waals surface area contributed by atoms with Crippen LogP contribution in [0.2, 0.25) is 5.02 Å². The Kier molecular flexibility index (Phi) is 5.36. The predicted molar refractivity (Wildman–Crippen MR) is 99.4 cm³/mol. The molecule has 10 heteroatoms. The molecule has 8 nitrogen and oxygen atoms in total. The van der Waals surface area contributed by atoms with E-state index < -0.39 is 22.8 Å². The van der Waals surface area contributed by atoms with Crippen molar-refractivity contribution in [2.24, 2.45) is 4.99 Å². The third-order valence-corrected chi connectivity index (χ3v) is 4.43. The molecule has 1 aromatic carbocycles. The van der Waals surface area contributed by atoms with Gasteiger partial charge in [-0.3, -0.25) is 15.1 Å². The lowest BCUT2D eigenvalue weighted by Crippen LogP contribution is -2.33. The standard InChI is InChI=1S/C18H14ClFN4O4/c1-9-14(18(25)28-2)15(10-5-6-11(19)13(8-10)24(26)27)23-17(22-9)16-12(20)4-3-7-21-16/h3-8,15H,1-2H3,(H,22,23). The first-order valence-electron chi connectivity index (χ1n) is 8.02. The van der Waals surface area contributed by atoms with Gasteiger partial charge in [0.05, 0.1) is 17.6 Å². The van der Waals surface area contributed by atoms with Gasteiger partial charge in [0, 0.05) is 18.0 Å². The summed E-state index contributed by atoms with van der Waals surface area (Å²) in [5, 5.41) is 14.0. The summed E-state index contributed by atoms with van der Waals surface area (Å²) in [4.78, 5) is 31.3. The van der Waals surface area contributed by atoms with Gasteiger partial charge in [-0.2, -0.15) is 0 Å². The number of nitrogens with zero attached hydrogens (tertiary/aromatic N) is 3. The molecule has 0 aliphatic carbocycles. The van der Waals surface area contributed by atoms with E-state index in [9.17, 15) is 19.3 Å². The largest absolute Gasteiger partial charge is 0.466 e. The number of nitro groups is 1. The van der Waals surface area contributed by atoms with Crippen LogP contribution in [0.1, 0.15) is 24.2 Å². The highest BCUT2D eigenvalue weighted by molar-refractivity contribution is 6.32. The minimum atomic E-state index is -0.971. The van der Waals surface area contributed by atoms with Crippen molar-refractivity contribution in [3.05, 3.63) is 80.0 Å². The van der Waals surface area contributed by atoms with Crippen LogP contribution >= 0.6 is 11.6 Å². The monoisotopic (exact) mass is 404 g/mol. The summed E-state index contributed by atoms with van der Waals surface area (Å²) in [6.45, 7) is 1.60. The van der Waals surface area contributed by atoms with E-state index in [1.807, 2.05) is 0 Å². The second-order valence-corrected chi connectivity index (χ2v) is 6.24. The molecule has 1 unspecified atom stereocenters. The van der Waals surface area contributed by atoms with Crippen LogP contribution < -0.4 is 5.32 Å². The second-order valence-electron chi connectivity index (χ2n) is 5.84. The fraction of sp³-hybridized carbons (Fsp3) is 0.167. The number of aliphatic imine (C=N–C) groups is 1. The second kappa shape index (κ2) is 7.73. The van der Waals surface area contributed by atoms with Gasteiger partial charge in [0.1, 0.15) is 16.8 Å². The van der Waals surface area contributed by atoms with Crippen molar-refractivity contribution in [3.8, 4) is 0 Å². The Morgan fingerprint density at radius 1 is 1.39 bits per heavy atom. The number of esters is 1. The lowest BCUT2D eigenvalue weighted by Gasteiger charge is -2.25. The van der Waals surface area contributed by atoms with Crippen LogP contribution in [-0.2, 0) is 9.53 Å². The number of ether oxygens (including phenoxy) is 1. The maximum absolute atomic E-state index is 14.2. The van der Waals surface area contributed by atoms with Gasteiger partial charge in [-0.15, -0.1) is 0 Å². The molecule has 28 heavy (non-hydrogen) atoms. The number of allylic oxidation sites excluding steroid dienone is 1. The van der Waals surface area contributed by atoms with Crippen LogP contribution in [0.25, 0.3) is 0 Å². The molecule has 1 aliphatic rings. The average molecular weight is 405 g/mol. The molecule has 3 rings (SSSR count). The number of benzene rings is 1. The zero-order valence-corrected chi connectivity index (χ0v) is 15.5. The quantitative estimate of drug-likeness (QED) is 0.476. The van der Waals surface area contributed by atoms with Crippen molar-refractivity contribution in [3.63, 3.8) is 0 Å². The fourth-order valence-corrected chi connectivity index (χ4v) is 3.00. The Labute approximate surface area is 163 Å². The number of carbonyl (C=O) groups excluding carboxylic acids is 1. The number of methoxy groups -OCH3 is 1. The van der Waals surface area contributed by atoms with Crippen LogP contribution in [0, 0.1) is 15.9 Å². The molecule has 2 heterocycles. The predicted octanol–water partition coefficient (Wildman–Crippen LogP) is 3.32. The van der Waals surface area contributed by atoms with E-state index in [2.05, 4.69) is 15.3 Å². The van der Waals surface area contributed by atoms with E-state index in [0.717, 1.165) is 0 Å². The molecule has 0 saturated carbocycles. The van der Waals surface area contributed by atoms with Crippen LogP contribution in [0.4, 0.5) is 10.1 Å². The van der Waals surface area contributed by atoms with Crippen molar-refractivity contribution in [1.29, 1.82) is 0 Å². The highest BCUT2D eigenvalue weighted by Crippen LogP contribution is 2.36. The van der Waals surface area contributed by atoms with Crippen LogP contribution in [0.3, 0.4) is 0 Å². The molecule has 0 bridgehead atoms. The molecule has 1 N–H and O–H groups in total. The maximum Gasteiger partial charge on any atom is 0.338 e. The van der Waals surface area contributed by atoms with Crippen molar-refractivity contribution in [1.82, 2.24) is 10.3 Å². The summed E-state index contributed by atoms with van der Waals surface area (Å²) in [5.41, 5.74) is 0.453. The number of halogens is 2. The summed E-state index contributed by atoms with van der Waals surface area (Å²) in [7, 11) is 1.21.